The summed E-state index contributed by atoms with van der Waals surface area (Å²) in [5, 5.41) is 26.7. The first-order valence-corrected chi connectivity index (χ1v) is 16.5. The Morgan fingerprint density at radius 1 is 1.37 bits per heavy atom. The molecule has 12 heteroatoms. The van der Waals surface area contributed by atoms with E-state index in [9.17, 15) is 14.4 Å². The highest BCUT2D eigenvalue weighted by Crippen LogP contribution is 2.58. The zero-order valence-electron chi connectivity index (χ0n) is 22.2. The number of rotatable bonds is 8. The van der Waals surface area contributed by atoms with Crippen molar-refractivity contribution in [1.29, 1.82) is 0 Å². The number of aryl methyl sites for hydroxylation is 1. The second-order valence-electron chi connectivity index (χ2n) is 11.3. The number of benzene rings is 1. The molecule has 2 aromatic rings. The molecule has 5 N–H and O–H groups in total. The van der Waals surface area contributed by atoms with Gasteiger partial charge in [-0.2, -0.15) is 0 Å². The summed E-state index contributed by atoms with van der Waals surface area (Å²) >= 11 is 0. The van der Waals surface area contributed by atoms with Crippen LogP contribution >= 0.6 is 0 Å². The first-order valence-electron chi connectivity index (χ1n) is 13.5. The topological polar surface area (TPSA) is 151 Å². The lowest BCUT2D eigenvalue weighted by Gasteiger charge is -2.32. The van der Waals surface area contributed by atoms with Gasteiger partial charge in [0.25, 0.3) is 5.91 Å². The van der Waals surface area contributed by atoms with Crippen molar-refractivity contribution in [3.8, 4) is 0 Å². The Kier molecular flexibility index (Phi) is 7.44. The van der Waals surface area contributed by atoms with Gasteiger partial charge in [-0.05, 0) is 57.1 Å². The maximum atomic E-state index is 13.6. The molecule has 206 valence electrons. The number of ether oxygens (including phenoxy) is 1. The molecule has 4 heterocycles. The Balaban J connectivity index is 1.41. The van der Waals surface area contributed by atoms with Crippen LogP contribution in [0.1, 0.15) is 37.4 Å². The first kappa shape index (κ1) is 26.9. The van der Waals surface area contributed by atoms with Crippen molar-refractivity contribution in [3.63, 3.8) is 0 Å². The van der Waals surface area contributed by atoms with Crippen molar-refractivity contribution >= 4 is 31.5 Å². The summed E-state index contributed by atoms with van der Waals surface area (Å²) in [6.45, 7) is 7.87. The molecule has 0 radical (unpaired) electrons. The summed E-state index contributed by atoms with van der Waals surface area (Å²) in [7, 11) is -2.76. The fourth-order valence-corrected chi connectivity index (χ4v) is 9.10. The van der Waals surface area contributed by atoms with Crippen LogP contribution in [-0.2, 0) is 32.9 Å². The van der Waals surface area contributed by atoms with Crippen LogP contribution in [0.4, 0.5) is 11.4 Å². The average molecular weight is 543 g/mol. The van der Waals surface area contributed by atoms with E-state index in [1.54, 1.807) is 16.9 Å². The number of nitrogens with zero attached hydrogens (tertiary/aromatic N) is 3. The molecule has 2 fully saturated rings. The van der Waals surface area contributed by atoms with Gasteiger partial charge in [0.15, 0.2) is 13.9 Å². The fourth-order valence-electron chi connectivity index (χ4n) is 6.50. The third kappa shape index (κ3) is 4.91. The van der Waals surface area contributed by atoms with Crippen molar-refractivity contribution in [3.05, 3.63) is 35.7 Å². The Morgan fingerprint density at radius 3 is 2.89 bits per heavy atom. The molecule has 3 aliphatic heterocycles. The monoisotopic (exact) mass is 542 g/mol. The molecule has 0 aliphatic carbocycles. The van der Waals surface area contributed by atoms with Crippen molar-refractivity contribution < 1.29 is 24.2 Å². The molecule has 2 amide bonds. The molecule has 2 saturated heterocycles. The molecule has 1 aromatic heterocycles. The largest absolute Gasteiger partial charge is 0.432 e. The summed E-state index contributed by atoms with van der Waals surface area (Å²) in [4.78, 5) is 37.8. The lowest BCUT2D eigenvalue weighted by atomic mass is 9.82. The van der Waals surface area contributed by atoms with Gasteiger partial charge in [-0.3, -0.25) is 14.3 Å². The predicted molar refractivity (Wildman–Crippen MR) is 144 cm³/mol. The number of aliphatic hydroxyl groups is 1. The van der Waals surface area contributed by atoms with Gasteiger partial charge in [0.2, 0.25) is 5.91 Å². The highest BCUT2D eigenvalue weighted by Gasteiger charge is 2.64. The molecule has 0 saturated carbocycles. The Morgan fingerprint density at radius 2 is 2.18 bits per heavy atom. The molecule has 5 rings (SSSR count). The molecule has 1 spiro atoms. The average Bonchev–Trinajstić information content (AvgIpc) is 3.53. The third-order valence-corrected chi connectivity index (χ3v) is 10.8. The number of anilines is 2. The molecular weight excluding hydrogens is 504 g/mol. The van der Waals surface area contributed by atoms with Crippen LogP contribution in [0, 0.1) is 11.8 Å². The van der Waals surface area contributed by atoms with Gasteiger partial charge in [0.1, 0.15) is 0 Å². The third-order valence-electron chi connectivity index (χ3n) is 8.27. The minimum Gasteiger partial charge on any atom is -0.432 e. The highest BCUT2D eigenvalue weighted by molar-refractivity contribution is 6.71. The summed E-state index contributed by atoms with van der Waals surface area (Å²) in [5.41, 5.74) is 1.25. The Hall–Kier alpha value is -2.64. The SMILES string of the molecule is C[C@H]1[C@H]([Si](C)(C)O)[C@@H](CCn2cc(CCO)nn2)O[C@]12C(=O)Nc1ccc(NC(=O)C3CCCNC3)cc12. The van der Waals surface area contributed by atoms with Crippen LogP contribution in [0.25, 0.3) is 0 Å². The number of nitrogens with one attached hydrogen (secondary N) is 3. The number of hydrogen-bond donors (Lipinski definition) is 5. The summed E-state index contributed by atoms with van der Waals surface area (Å²) < 4.78 is 8.40. The van der Waals surface area contributed by atoms with Crippen LogP contribution in [-0.4, -0.2) is 70.8 Å². The van der Waals surface area contributed by atoms with Gasteiger partial charge in [-0.15, -0.1) is 5.10 Å². The minimum absolute atomic E-state index is 0.00531. The zero-order valence-corrected chi connectivity index (χ0v) is 23.2. The number of aliphatic hydroxyl groups excluding tert-OH is 1. The normalized spacial score (nSPS) is 28.9. The number of amides is 2. The molecule has 3 aliphatic rings. The summed E-state index contributed by atoms with van der Waals surface area (Å²) in [6, 6.07) is 5.47. The molecule has 1 aromatic carbocycles. The van der Waals surface area contributed by atoms with Crippen LogP contribution in [0.2, 0.25) is 18.6 Å². The number of carbonyl (C=O) groups excluding carboxylic acids is 2. The number of hydrogen-bond acceptors (Lipinski definition) is 8. The van der Waals surface area contributed by atoms with Crippen molar-refractivity contribution in [2.45, 2.75) is 69.5 Å². The van der Waals surface area contributed by atoms with Crippen LogP contribution in [0.5, 0.6) is 0 Å². The lowest BCUT2D eigenvalue weighted by Crippen LogP contribution is -2.43. The second-order valence-corrected chi connectivity index (χ2v) is 15.3. The molecular formula is C26H38N6O5Si. The molecule has 38 heavy (non-hydrogen) atoms. The predicted octanol–water partition coefficient (Wildman–Crippen LogP) is 1.59. The number of fused-ring (bicyclic) bond motifs is 2. The van der Waals surface area contributed by atoms with E-state index in [-0.39, 0.29) is 41.9 Å². The van der Waals surface area contributed by atoms with Gasteiger partial charge in [-0.25, -0.2) is 0 Å². The van der Waals surface area contributed by atoms with E-state index in [1.807, 2.05) is 32.2 Å². The van der Waals surface area contributed by atoms with Crippen molar-refractivity contribution in [1.82, 2.24) is 20.3 Å². The number of aromatic nitrogens is 3. The summed E-state index contributed by atoms with van der Waals surface area (Å²) in [6.07, 6.45) is 4.23. The van der Waals surface area contributed by atoms with E-state index in [1.165, 1.54) is 0 Å². The van der Waals surface area contributed by atoms with Crippen LogP contribution in [0.3, 0.4) is 0 Å². The minimum atomic E-state index is -2.76. The van der Waals surface area contributed by atoms with E-state index >= 15 is 0 Å². The Bertz CT molecular complexity index is 1190. The Labute approximate surface area is 223 Å². The molecule has 0 bridgehead atoms. The second kappa shape index (κ2) is 10.5. The van der Waals surface area contributed by atoms with E-state index in [0.29, 0.717) is 48.6 Å². The maximum Gasteiger partial charge on any atom is 0.261 e. The number of piperidine rings is 1. The zero-order chi connectivity index (χ0) is 27.1. The van der Waals surface area contributed by atoms with E-state index < -0.39 is 13.9 Å². The maximum absolute atomic E-state index is 13.6. The van der Waals surface area contributed by atoms with Crippen LogP contribution < -0.4 is 16.0 Å². The standard InChI is InChI=1S/C26H38N6O5Si/c1-16-23(38(2,3)36)22(8-11-32-15-19(9-12-33)30-31-32)37-26(16)20-13-18(6-7-21(20)29-25(26)35)28-24(34)17-5-4-10-27-14-17/h6-7,13,15-17,22-23,27,33,36H,4-5,8-12,14H2,1-3H3,(H,28,34)(H,29,35)/t16-,17?,22+,23-,26+/m0/s1. The molecule has 1 unspecified atom stereocenters. The highest BCUT2D eigenvalue weighted by atomic mass is 28.4. The van der Waals surface area contributed by atoms with E-state index in [2.05, 4.69) is 26.3 Å². The van der Waals surface area contributed by atoms with E-state index in [4.69, 9.17) is 9.84 Å². The van der Waals surface area contributed by atoms with Gasteiger partial charge < -0.3 is 30.6 Å². The molecule has 11 nitrogen and oxygen atoms in total. The fraction of sp³-hybridized carbons (Fsp3) is 0.615. The van der Waals surface area contributed by atoms with Gasteiger partial charge >= 0.3 is 0 Å². The number of carbonyl (C=O) groups is 2. The molecule has 5 atom stereocenters. The van der Waals surface area contributed by atoms with Gasteiger partial charge in [0.05, 0.1) is 17.7 Å². The van der Waals surface area contributed by atoms with Crippen molar-refractivity contribution in [2.24, 2.45) is 11.8 Å². The van der Waals surface area contributed by atoms with E-state index in [0.717, 1.165) is 19.4 Å². The summed E-state index contributed by atoms with van der Waals surface area (Å²) in [5.74, 6) is -0.639. The first-order chi connectivity index (χ1) is 18.1. The van der Waals surface area contributed by atoms with Gasteiger partial charge in [0, 0.05) is 60.7 Å². The van der Waals surface area contributed by atoms with Gasteiger partial charge in [-0.1, -0.05) is 12.1 Å². The quantitative estimate of drug-likeness (QED) is 0.316. The van der Waals surface area contributed by atoms with Crippen molar-refractivity contribution in [2.75, 3.05) is 30.3 Å². The lowest BCUT2D eigenvalue weighted by molar-refractivity contribution is -0.143. The smallest absolute Gasteiger partial charge is 0.261 e. The van der Waals surface area contributed by atoms with Crippen LogP contribution in [0.15, 0.2) is 24.4 Å².